The number of sulfonamides is 1. The van der Waals surface area contributed by atoms with Gasteiger partial charge in [-0.3, -0.25) is 19.6 Å². The predicted molar refractivity (Wildman–Crippen MR) is 120 cm³/mol. The highest BCUT2D eigenvalue weighted by Gasteiger charge is 2.18. The molecule has 160 valence electrons. The molecular formula is C19H12Cl3N3O5S. The van der Waals surface area contributed by atoms with Gasteiger partial charge >= 0.3 is 0 Å². The maximum absolute atomic E-state index is 12.6. The molecular weight excluding hydrogens is 489 g/mol. The van der Waals surface area contributed by atoms with Crippen LogP contribution in [-0.4, -0.2) is 19.2 Å². The SMILES string of the molecule is O=C(Nc1ccc(S(=O)(=O)Nc2cc(Cl)cc(Cl)c2)cc1)c1ccc(Cl)c([N+](=O)[O-])c1. The van der Waals surface area contributed by atoms with Gasteiger partial charge in [-0.15, -0.1) is 0 Å². The van der Waals surface area contributed by atoms with Crippen molar-refractivity contribution in [3.63, 3.8) is 0 Å². The number of benzene rings is 3. The summed E-state index contributed by atoms with van der Waals surface area (Å²) in [5.41, 5.74) is 0.0989. The van der Waals surface area contributed by atoms with E-state index in [-0.39, 0.29) is 36.9 Å². The topological polar surface area (TPSA) is 118 Å². The first-order chi connectivity index (χ1) is 14.5. The standard InChI is InChI=1S/C19H12Cl3N3O5S/c20-12-8-13(21)10-15(9-12)24-31(29,30)16-4-2-14(3-5-16)23-19(26)11-1-6-17(22)18(7-11)25(27)28/h1-10,24H,(H,23,26). The van der Waals surface area contributed by atoms with Crippen molar-refractivity contribution >= 4 is 67.8 Å². The van der Waals surface area contributed by atoms with Gasteiger partial charge in [0.1, 0.15) is 5.02 Å². The maximum Gasteiger partial charge on any atom is 0.288 e. The highest BCUT2D eigenvalue weighted by atomic mass is 35.5. The van der Waals surface area contributed by atoms with Gasteiger partial charge in [0.25, 0.3) is 21.6 Å². The van der Waals surface area contributed by atoms with Crippen LogP contribution in [0, 0.1) is 10.1 Å². The fourth-order valence-corrected chi connectivity index (χ4v) is 4.29. The first kappa shape index (κ1) is 22.8. The van der Waals surface area contributed by atoms with E-state index in [9.17, 15) is 23.3 Å². The normalized spacial score (nSPS) is 11.1. The van der Waals surface area contributed by atoms with Gasteiger partial charge in [-0.05, 0) is 54.6 Å². The van der Waals surface area contributed by atoms with E-state index in [1.54, 1.807) is 0 Å². The molecule has 0 spiro atoms. The van der Waals surface area contributed by atoms with Gasteiger partial charge in [-0.25, -0.2) is 8.42 Å². The Bertz CT molecular complexity index is 1260. The minimum Gasteiger partial charge on any atom is -0.322 e. The molecule has 0 aliphatic rings. The summed E-state index contributed by atoms with van der Waals surface area (Å²) in [5.74, 6) is -0.623. The van der Waals surface area contributed by atoms with Crippen LogP contribution < -0.4 is 10.0 Å². The van der Waals surface area contributed by atoms with E-state index in [0.717, 1.165) is 6.07 Å². The van der Waals surface area contributed by atoms with Crippen LogP contribution in [0.5, 0.6) is 0 Å². The van der Waals surface area contributed by atoms with E-state index in [1.165, 1.54) is 54.6 Å². The van der Waals surface area contributed by atoms with E-state index in [0.29, 0.717) is 0 Å². The molecule has 0 saturated heterocycles. The molecule has 0 aliphatic heterocycles. The summed E-state index contributed by atoms with van der Waals surface area (Å²) in [6, 6.07) is 13.2. The molecule has 0 saturated carbocycles. The highest BCUT2D eigenvalue weighted by Crippen LogP contribution is 2.27. The molecule has 3 rings (SSSR count). The van der Waals surface area contributed by atoms with Crippen molar-refractivity contribution in [2.45, 2.75) is 4.90 Å². The molecule has 0 aromatic heterocycles. The summed E-state index contributed by atoms with van der Waals surface area (Å²) in [7, 11) is -3.93. The maximum atomic E-state index is 12.6. The Morgan fingerprint density at radius 3 is 2.06 bits per heavy atom. The Hall–Kier alpha value is -2.85. The molecule has 12 heteroatoms. The molecule has 0 atom stereocenters. The van der Waals surface area contributed by atoms with Crippen LogP contribution in [0.25, 0.3) is 0 Å². The number of carbonyl (C=O) groups is 1. The van der Waals surface area contributed by atoms with Gasteiger partial charge in [-0.2, -0.15) is 0 Å². The fraction of sp³-hybridized carbons (Fsp3) is 0. The molecule has 0 fully saturated rings. The first-order valence-electron chi connectivity index (χ1n) is 8.39. The van der Waals surface area contributed by atoms with E-state index in [2.05, 4.69) is 10.0 Å². The molecule has 3 aromatic rings. The molecule has 2 N–H and O–H groups in total. The second kappa shape index (κ2) is 9.11. The lowest BCUT2D eigenvalue weighted by Crippen LogP contribution is -2.14. The largest absolute Gasteiger partial charge is 0.322 e. The van der Waals surface area contributed by atoms with E-state index >= 15 is 0 Å². The fourth-order valence-electron chi connectivity index (χ4n) is 2.54. The highest BCUT2D eigenvalue weighted by molar-refractivity contribution is 7.92. The van der Waals surface area contributed by atoms with Gasteiger partial charge in [0, 0.05) is 27.4 Å². The number of nitro benzene ring substituents is 1. The summed E-state index contributed by atoms with van der Waals surface area (Å²) in [6.07, 6.45) is 0. The van der Waals surface area contributed by atoms with Crippen molar-refractivity contribution in [2.75, 3.05) is 10.0 Å². The van der Waals surface area contributed by atoms with Crippen LogP contribution in [0.15, 0.2) is 65.6 Å². The lowest BCUT2D eigenvalue weighted by atomic mass is 10.2. The zero-order valence-corrected chi connectivity index (χ0v) is 18.4. The number of nitrogens with one attached hydrogen (secondary N) is 2. The summed E-state index contributed by atoms with van der Waals surface area (Å²) in [6.45, 7) is 0. The lowest BCUT2D eigenvalue weighted by Gasteiger charge is -2.10. The van der Waals surface area contributed by atoms with E-state index in [1.807, 2.05) is 0 Å². The van der Waals surface area contributed by atoms with Crippen LogP contribution in [0.4, 0.5) is 17.1 Å². The molecule has 31 heavy (non-hydrogen) atoms. The average molecular weight is 501 g/mol. The minimum atomic E-state index is -3.93. The first-order valence-corrected chi connectivity index (χ1v) is 11.0. The number of anilines is 2. The van der Waals surface area contributed by atoms with Crippen molar-refractivity contribution in [2.24, 2.45) is 0 Å². The lowest BCUT2D eigenvalue weighted by molar-refractivity contribution is -0.384. The Labute approximate surface area is 191 Å². The van der Waals surface area contributed by atoms with Crippen molar-refractivity contribution in [1.82, 2.24) is 0 Å². The number of nitro groups is 1. The van der Waals surface area contributed by atoms with Gasteiger partial charge in [0.05, 0.1) is 15.5 Å². The van der Waals surface area contributed by atoms with Gasteiger partial charge in [0.2, 0.25) is 0 Å². The minimum absolute atomic E-state index is 0.0206. The summed E-state index contributed by atoms with van der Waals surface area (Å²) in [5, 5.41) is 13.9. The second-order valence-corrected chi connectivity index (χ2v) is 9.13. The summed E-state index contributed by atoms with van der Waals surface area (Å²) < 4.78 is 27.5. The van der Waals surface area contributed by atoms with Crippen LogP contribution in [-0.2, 0) is 10.0 Å². The smallest absolute Gasteiger partial charge is 0.288 e. The molecule has 0 radical (unpaired) electrons. The number of halogens is 3. The molecule has 1 amide bonds. The molecule has 3 aromatic carbocycles. The van der Waals surface area contributed by atoms with E-state index in [4.69, 9.17) is 34.8 Å². The third-order valence-electron chi connectivity index (χ3n) is 3.94. The quantitative estimate of drug-likeness (QED) is 0.337. The third-order valence-corrected chi connectivity index (χ3v) is 6.10. The zero-order valence-electron chi connectivity index (χ0n) is 15.3. The van der Waals surface area contributed by atoms with Gasteiger partial charge in [0.15, 0.2) is 0 Å². The van der Waals surface area contributed by atoms with Crippen molar-refractivity contribution < 1.29 is 18.1 Å². The predicted octanol–water partition coefficient (Wildman–Crippen LogP) is 5.61. The summed E-state index contributed by atoms with van der Waals surface area (Å²) >= 11 is 17.5. The number of hydrogen-bond donors (Lipinski definition) is 2. The summed E-state index contributed by atoms with van der Waals surface area (Å²) in [4.78, 5) is 22.6. The Kier molecular flexibility index (Phi) is 6.71. The van der Waals surface area contributed by atoms with Gasteiger partial charge in [-0.1, -0.05) is 34.8 Å². The van der Waals surface area contributed by atoms with Crippen LogP contribution >= 0.6 is 34.8 Å². The number of carbonyl (C=O) groups excluding carboxylic acids is 1. The molecule has 0 aliphatic carbocycles. The third kappa shape index (κ3) is 5.65. The van der Waals surface area contributed by atoms with Crippen LogP contribution in [0.2, 0.25) is 15.1 Å². The Balaban J connectivity index is 1.76. The molecule has 0 bridgehead atoms. The van der Waals surface area contributed by atoms with Gasteiger partial charge < -0.3 is 5.32 Å². The van der Waals surface area contributed by atoms with Crippen molar-refractivity contribution in [1.29, 1.82) is 0 Å². The Morgan fingerprint density at radius 1 is 0.871 bits per heavy atom. The molecule has 0 unspecified atom stereocenters. The second-order valence-electron chi connectivity index (χ2n) is 6.17. The monoisotopic (exact) mass is 499 g/mol. The van der Waals surface area contributed by atoms with Crippen molar-refractivity contribution in [3.8, 4) is 0 Å². The van der Waals surface area contributed by atoms with Crippen LogP contribution in [0.3, 0.4) is 0 Å². The Morgan fingerprint density at radius 2 is 1.48 bits per heavy atom. The number of hydrogen-bond acceptors (Lipinski definition) is 5. The van der Waals surface area contributed by atoms with Crippen LogP contribution in [0.1, 0.15) is 10.4 Å². The number of amides is 1. The van der Waals surface area contributed by atoms with Crippen molar-refractivity contribution in [3.05, 3.63) is 91.4 Å². The zero-order chi connectivity index (χ0) is 22.8. The number of nitrogens with zero attached hydrogens (tertiary/aromatic N) is 1. The van der Waals surface area contributed by atoms with E-state index < -0.39 is 26.5 Å². The number of rotatable bonds is 6. The molecule has 8 nitrogen and oxygen atoms in total. The average Bonchev–Trinajstić information content (AvgIpc) is 2.67. The molecule has 0 heterocycles.